The molecule has 0 radical (unpaired) electrons. The lowest BCUT2D eigenvalue weighted by Crippen LogP contribution is -2.50. The molecule has 3 atom stereocenters. The molecule has 1 unspecified atom stereocenters. The van der Waals surface area contributed by atoms with Crippen molar-refractivity contribution in [3.8, 4) is 0 Å². The third-order valence-electron chi connectivity index (χ3n) is 5.11. The zero-order valence-electron chi connectivity index (χ0n) is 19.2. The van der Waals surface area contributed by atoms with Crippen molar-refractivity contribution in [3.63, 3.8) is 0 Å². The summed E-state index contributed by atoms with van der Waals surface area (Å²) in [5.41, 5.74) is 2.56. The molecule has 1 aromatic carbocycles. The quantitative estimate of drug-likeness (QED) is 0.228. The molecule has 0 heterocycles. The van der Waals surface area contributed by atoms with E-state index in [9.17, 15) is 19.6 Å². The number of carbonyl (C=O) groups excluding carboxylic acids is 3. The van der Waals surface area contributed by atoms with Crippen LogP contribution >= 0.6 is 0 Å². The van der Waals surface area contributed by atoms with Gasteiger partial charge >= 0.3 is 5.97 Å². The molecule has 7 nitrogen and oxygen atoms in total. The first kappa shape index (κ1) is 26.4. The average Bonchev–Trinajstić information content (AvgIpc) is 2.72. The fraction of sp³-hybridized carbons (Fsp3) is 0.542. The van der Waals surface area contributed by atoms with Crippen LogP contribution in [0.15, 0.2) is 43.0 Å². The number of hydrogen-bond donors (Lipinski definition) is 2. The van der Waals surface area contributed by atoms with E-state index in [0.717, 1.165) is 5.56 Å². The number of allylic oxidation sites excluding steroid dienone is 1. The highest BCUT2D eigenvalue weighted by Crippen LogP contribution is 2.27. The second-order valence-corrected chi connectivity index (χ2v) is 8.48. The summed E-state index contributed by atoms with van der Waals surface area (Å²) in [7, 11) is 1.56. The van der Waals surface area contributed by atoms with Gasteiger partial charge in [0.2, 0.25) is 11.8 Å². The Morgan fingerprint density at radius 1 is 1.13 bits per heavy atom. The first-order valence-electron chi connectivity index (χ1n) is 10.7. The Labute approximate surface area is 185 Å². The number of esters is 1. The van der Waals surface area contributed by atoms with E-state index in [0.29, 0.717) is 12.8 Å². The van der Waals surface area contributed by atoms with E-state index in [1.165, 1.54) is 4.90 Å². The van der Waals surface area contributed by atoms with Crippen molar-refractivity contribution >= 4 is 17.8 Å². The van der Waals surface area contributed by atoms with E-state index in [-0.39, 0.29) is 24.3 Å². The van der Waals surface area contributed by atoms with Crippen LogP contribution in [-0.4, -0.2) is 47.1 Å². The number of ether oxygens (including phenoxy) is 1. The minimum atomic E-state index is -0.839. The number of nitrogens with one attached hydrogen (secondary N) is 1. The summed E-state index contributed by atoms with van der Waals surface area (Å²) in [6, 6.07) is 8.56. The number of amides is 2. The van der Waals surface area contributed by atoms with Crippen LogP contribution < -0.4 is 5.48 Å². The smallest absolute Gasteiger partial charge is 0.329 e. The fourth-order valence-electron chi connectivity index (χ4n) is 3.60. The highest BCUT2D eigenvalue weighted by atomic mass is 16.5. The maximum atomic E-state index is 13.6. The molecule has 2 amide bonds. The van der Waals surface area contributed by atoms with Crippen molar-refractivity contribution in [3.05, 3.63) is 48.6 Å². The lowest BCUT2D eigenvalue weighted by Gasteiger charge is -2.33. The van der Waals surface area contributed by atoms with Gasteiger partial charge in [-0.05, 0) is 38.2 Å². The Hall–Kier alpha value is -2.67. The molecule has 31 heavy (non-hydrogen) atoms. The molecule has 0 saturated heterocycles. The molecule has 172 valence electrons. The molecular formula is C24H36N2O5. The minimum Gasteiger partial charge on any atom is -0.461 e. The van der Waals surface area contributed by atoms with Crippen LogP contribution in [0, 0.1) is 17.8 Å². The summed E-state index contributed by atoms with van der Waals surface area (Å²) in [6.45, 7) is 11.1. The molecule has 1 rings (SSSR count). The fourth-order valence-corrected chi connectivity index (χ4v) is 3.60. The molecule has 0 fully saturated rings. The van der Waals surface area contributed by atoms with Gasteiger partial charge in [0, 0.05) is 13.5 Å². The molecule has 1 aromatic rings. The van der Waals surface area contributed by atoms with Gasteiger partial charge in [0.25, 0.3) is 0 Å². The van der Waals surface area contributed by atoms with Crippen molar-refractivity contribution in [2.75, 3.05) is 7.05 Å². The van der Waals surface area contributed by atoms with Crippen LogP contribution in [0.25, 0.3) is 0 Å². The molecule has 0 spiro atoms. The Balaban J connectivity index is 3.28. The topological polar surface area (TPSA) is 95.9 Å². The van der Waals surface area contributed by atoms with E-state index in [1.54, 1.807) is 32.5 Å². The Morgan fingerprint density at radius 2 is 1.74 bits per heavy atom. The predicted molar refractivity (Wildman–Crippen MR) is 119 cm³/mol. The molecule has 0 saturated carbocycles. The summed E-state index contributed by atoms with van der Waals surface area (Å²) in [4.78, 5) is 40.1. The number of benzene rings is 1. The Bertz CT molecular complexity index is 733. The van der Waals surface area contributed by atoms with E-state index >= 15 is 0 Å². The number of carbonyl (C=O) groups is 3. The standard InChI is InChI=1S/C24H36N2O5/c1-7-11-19(22(27)25-30)20(14-16(2)3)23(28)26(6)21(24(29)31-17(4)5)15-18-12-9-8-10-13-18/h7-10,12-13,16-17,19-21,30H,1,11,14-15H2,2-6H3,(H,25,27)/t19-,20+,21?/m0/s1. The molecular weight excluding hydrogens is 396 g/mol. The van der Waals surface area contributed by atoms with Gasteiger partial charge in [0.05, 0.1) is 17.9 Å². The highest BCUT2D eigenvalue weighted by Gasteiger charge is 2.38. The Kier molecular flexibility index (Phi) is 11.0. The van der Waals surface area contributed by atoms with E-state index in [1.807, 2.05) is 44.2 Å². The molecule has 7 heteroatoms. The summed E-state index contributed by atoms with van der Waals surface area (Å²) in [5, 5.41) is 9.19. The first-order valence-corrected chi connectivity index (χ1v) is 10.7. The van der Waals surface area contributed by atoms with Gasteiger partial charge in [0.1, 0.15) is 6.04 Å². The first-order chi connectivity index (χ1) is 14.6. The summed E-state index contributed by atoms with van der Waals surface area (Å²) in [5.74, 6) is -2.87. The summed E-state index contributed by atoms with van der Waals surface area (Å²) in [6.07, 6.45) is 2.17. The van der Waals surface area contributed by atoms with Gasteiger partial charge in [-0.15, -0.1) is 6.58 Å². The van der Waals surface area contributed by atoms with Crippen molar-refractivity contribution in [2.24, 2.45) is 17.8 Å². The number of rotatable bonds is 12. The van der Waals surface area contributed by atoms with Gasteiger partial charge in [-0.25, -0.2) is 10.3 Å². The van der Waals surface area contributed by atoms with Gasteiger partial charge in [-0.3, -0.25) is 14.8 Å². The van der Waals surface area contributed by atoms with Crippen LogP contribution in [0.4, 0.5) is 0 Å². The lowest BCUT2D eigenvalue weighted by atomic mass is 9.81. The largest absolute Gasteiger partial charge is 0.461 e. The van der Waals surface area contributed by atoms with E-state index in [2.05, 4.69) is 6.58 Å². The van der Waals surface area contributed by atoms with E-state index < -0.39 is 29.8 Å². The summed E-state index contributed by atoms with van der Waals surface area (Å²) < 4.78 is 5.43. The maximum Gasteiger partial charge on any atom is 0.329 e. The van der Waals surface area contributed by atoms with Crippen molar-refractivity contribution in [1.29, 1.82) is 0 Å². The van der Waals surface area contributed by atoms with Gasteiger partial charge in [0.15, 0.2) is 0 Å². The SMILES string of the molecule is C=CC[C@H](C(=O)NO)[C@@H](CC(C)C)C(=O)N(C)C(Cc1ccccc1)C(=O)OC(C)C. The summed E-state index contributed by atoms with van der Waals surface area (Å²) >= 11 is 0. The monoisotopic (exact) mass is 432 g/mol. The highest BCUT2D eigenvalue weighted by molar-refractivity contribution is 5.90. The second kappa shape index (κ2) is 12.9. The predicted octanol–water partition coefficient (Wildman–Crippen LogP) is 3.37. The van der Waals surface area contributed by atoms with Crippen molar-refractivity contribution in [1.82, 2.24) is 10.4 Å². The molecule has 0 aliphatic rings. The zero-order valence-corrected chi connectivity index (χ0v) is 19.2. The van der Waals surface area contributed by atoms with Crippen LogP contribution in [0.5, 0.6) is 0 Å². The average molecular weight is 433 g/mol. The van der Waals surface area contributed by atoms with Crippen LogP contribution in [0.1, 0.15) is 46.1 Å². The van der Waals surface area contributed by atoms with E-state index in [4.69, 9.17) is 4.74 Å². The number of likely N-dealkylation sites (N-methyl/N-ethyl adjacent to an activating group) is 1. The zero-order chi connectivity index (χ0) is 23.6. The maximum absolute atomic E-state index is 13.6. The Morgan fingerprint density at radius 3 is 2.23 bits per heavy atom. The van der Waals surface area contributed by atoms with Gasteiger partial charge < -0.3 is 9.64 Å². The molecule has 0 aliphatic heterocycles. The van der Waals surface area contributed by atoms with Crippen LogP contribution in [-0.2, 0) is 25.5 Å². The van der Waals surface area contributed by atoms with Crippen LogP contribution in [0.2, 0.25) is 0 Å². The third kappa shape index (κ3) is 8.17. The van der Waals surface area contributed by atoms with Crippen LogP contribution in [0.3, 0.4) is 0 Å². The molecule has 0 aliphatic carbocycles. The number of hydrogen-bond acceptors (Lipinski definition) is 5. The second-order valence-electron chi connectivity index (χ2n) is 8.48. The molecule has 0 aromatic heterocycles. The number of nitrogens with zero attached hydrogens (tertiary/aromatic N) is 1. The van der Waals surface area contributed by atoms with Gasteiger partial charge in [-0.1, -0.05) is 50.3 Å². The third-order valence-corrected chi connectivity index (χ3v) is 5.11. The lowest BCUT2D eigenvalue weighted by molar-refractivity contribution is -0.159. The minimum absolute atomic E-state index is 0.122. The molecule has 0 bridgehead atoms. The van der Waals surface area contributed by atoms with Crippen molar-refractivity contribution < 1.29 is 24.3 Å². The van der Waals surface area contributed by atoms with Crippen molar-refractivity contribution in [2.45, 2.75) is 59.1 Å². The van der Waals surface area contributed by atoms with Gasteiger partial charge in [-0.2, -0.15) is 0 Å². The normalized spacial score (nSPS) is 13.9. The molecule has 2 N–H and O–H groups in total. The number of hydroxylamine groups is 1.